The van der Waals surface area contributed by atoms with E-state index in [1.54, 1.807) is 41.1 Å². The summed E-state index contributed by atoms with van der Waals surface area (Å²) in [7, 11) is -7.33. The zero-order valence-corrected chi connectivity index (χ0v) is 35.5. The number of hydrogen-bond acceptors (Lipinski definition) is 11. The van der Waals surface area contributed by atoms with Crippen LogP contribution in [-0.4, -0.2) is 71.4 Å². The highest BCUT2D eigenvalue weighted by Crippen LogP contribution is 2.34. The summed E-state index contributed by atoms with van der Waals surface area (Å²) < 4.78 is 62.8. The number of benzene rings is 4. The highest BCUT2D eigenvalue weighted by molar-refractivity contribution is 7.90. The van der Waals surface area contributed by atoms with Crippen LogP contribution in [0.2, 0.25) is 0 Å². The molecular weight excluding hydrogens is 821 g/mol. The van der Waals surface area contributed by atoms with Crippen molar-refractivity contribution in [3.05, 3.63) is 126 Å². The fourth-order valence-corrected chi connectivity index (χ4v) is 9.13. The standard InChI is InChI=1S/C45H44N4O10S2/c1-28(2)38-22-40(32-11-7-30(8-12-32)34-15-17-36(26-50)42(20-34)60(4,54)55)49(46-38)25-45(53)58-19-5-6-29(3)39-23-41(48(47-39)24-44(51)52)33-13-9-31(10-14-33)35-16-18-37-27-59-61(56,57)43(37)21-35/h6-18,20-23,28,50H,5,19,24-27H2,1-4H3,(H,51,52)/b29-6-. The summed E-state index contributed by atoms with van der Waals surface area (Å²) in [6, 6.07) is 28.6. The van der Waals surface area contributed by atoms with Gasteiger partial charge in [-0.25, -0.2) is 8.42 Å². The number of ether oxygens (including phenoxy) is 1. The van der Waals surface area contributed by atoms with Gasteiger partial charge in [-0.05, 0) is 81.6 Å². The average molecular weight is 865 g/mol. The number of nitrogens with zero attached hydrogens (tertiary/aromatic N) is 4. The number of aliphatic hydroxyl groups is 1. The number of sulfone groups is 1. The predicted molar refractivity (Wildman–Crippen MR) is 228 cm³/mol. The van der Waals surface area contributed by atoms with E-state index in [4.69, 9.17) is 8.92 Å². The number of carboxylic acids is 1. The van der Waals surface area contributed by atoms with E-state index in [2.05, 4.69) is 10.2 Å². The smallest absolute Gasteiger partial charge is 0.327 e. The van der Waals surface area contributed by atoms with E-state index in [0.717, 1.165) is 34.2 Å². The summed E-state index contributed by atoms with van der Waals surface area (Å²) in [6.45, 7) is 5.08. The van der Waals surface area contributed by atoms with Crippen LogP contribution in [0.3, 0.4) is 0 Å². The van der Waals surface area contributed by atoms with Gasteiger partial charge in [0, 0.05) is 18.2 Å². The molecule has 3 heterocycles. The maximum atomic E-state index is 13.1. The summed E-state index contributed by atoms with van der Waals surface area (Å²) in [5.41, 5.74) is 8.80. The normalized spacial score (nSPS) is 13.7. The molecule has 4 aromatic carbocycles. The molecule has 2 aromatic heterocycles. The van der Waals surface area contributed by atoms with Crippen LogP contribution in [0, 0.1) is 0 Å². The summed E-state index contributed by atoms with van der Waals surface area (Å²) >= 11 is 0. The zero-order valence-electron chi connectivity index (χ0n) is 33.9. The van der Waals surface area contributed by atoms with Gasteiger partial charge in [0.1, 0.15) is 18.0 Å². The van der Waals surface area contributed by atoms with Gasteiger partial charge in [-0.15, -0.1) is 0 Å². The van der Waals surface area contributed by atoms with Crippen LogP contribution >= 0.6 is 0 Å². The van der Waals surface area contributed by atoms with Crippen molar-refractivity contribution in [1.82, 2.24) is 19.6 Å². The molecule has 316 valence electrons. The Morgan fingerprint density at radius 3 is 2.00 bits per heavy atom. The second kappa shape index (κ2) is 17.4. The van der Waals surface area contributed by atoms with Crippen molar-refractivity contribution in [3.8, 4) is 44.8 Å². The molecule has 0 bridgehead atoms. The first-order valence-electron chi connectivity index (χ1n) is 19.4. The maximum absolute atomic E-state index is 13.1. The van der Waals surface area contributed by atoms with Crippen molar-refractivity contribution in [2.45, 2.75) is 69.2 Å². The van der Waals surface area contributed by atoms with E-state index in [1.165, 1.54) is 4.68 Å². The summed E-state index contributed by atoms with van der Waals surface area (Å²) in [4.78, 5) is 25.1. The van der Waals surface area contributed by atoms with E-state index >= 15 is 0 Å². The van der Waals surface area contributed by atoms with Gasteiger partial charge in [0.2, 0.25) is 0 Å². The average Bonchev–Trinajstić information content (AvgIpc) is 3.94. The number of carboxylic acid groups (broad SMARTS) is 1. The van der Waals surface area contributed by atoms with Crippen molar-refractivity contribution in [1.29, 1.82) is 0 Å². The van der Waals surface area contributed by atoms with Gasteiger partial charge in [-0.3, -0.25) is 23.1 Å². The Morgan fingerprint density at radius 1 is 0.820 bits per heavy atom. The SMILES string of the molecule is C/C(=C/CCOC(=O)Cn1nc(C(C)C)cc1-c1ccc(-c2ccc(CO)c(S(C)(=O)=O)c2)cc1)c1cc(-c2ccc(-c3ccc4c(c3)S(=O)(=O)OC4)cc2)n(CC(=O)O)n1. The van der Waals surface area contributed by atoms with Gasteiger partial charge >= 0.3 is 11.9 Å². The third-order valence-electron chi connectivity index (χ3n) is 10.3. The lowest BCUT2D eigenvalue weighted by Crippen LogP contribution is -2.16. The minimum absolute atomic E-state index is 0.0159. The van der Waals surface area contributed by atoms with Crippen molar-refractivity contribution in [2.75, 3.05) is 12.9 Å². The summed E-state index contributed by atoms with van der Waals surface area (Å²) in [5, 5.41) is 28.5. The number of carbonyl (C=O) groups excluding carboxylic acids is 1. The van der Waals surface area contributed by atoms with Gasteiger partial charge in [0.25, 0.3) is 10.1 Å². The molecule has 2 N–H and O–H groups in total. The highest BCUT2D eigenvalue weighted by Gasteiger charge is 2.27. The van der Waals surface area contributed by atoms with Crippen molar-refractivity contribution < 1.29 is 45.6 Å². The van der Waals surface area contributed by atoms with Crippen molar-refractivity contribution in [2.24, 2.45) is 0 Å². The first-order valence-corrected chi connectivity index (χ1v) is 22.7. The van der Waals surface area contributed by atoms with Gasteiger partial charge in [0.05, 0.1) is 47.5 Å². The van der Waals surface area contributed by atoms with Gasteiger partial charge in [0.15, 0.2) is 9.84 Å². The number of rotatable bonds is 15. The molecule has 61 heavy (non-hydrogen) atoms. The maximum Gasteiger partial charge on any atom is 0.327 e. The lowest BCUT2D eigenvalue weighted by molar-refractivity contribution is -0.144. The molecule has 0 unspecified atom stereocenters. The first-order chi connectivity index (χ1) is 29.0. The minimum Gasteiger partial charge on any atom is -0.480 e. The van der Waals surface area contributed by atoms with Crippen molar-refractivity contribution in [3.63, 3.8) is 0 Å². The quantitative estimate of drug-likeness (QED) is 0.0604. The van der Waals surface area contributed by atoms with Crippen LogP contribution in [-0.2, 0) is 64.8 Å². The predicted octanol–water partition coefficient (Wildman–Crippen LogP) is 7.11. The van der Waals surface area contributed by atoms with Crippen LogP contribution in [0.4, 0.5) is 0 Å². The monoisotopic (exact) mass is 864 g/mol. The van der Waals surface area contributed by atoms with Crippen LogP contribution in [0.15, 0.2) is 113 Å². The second-order valence-electron chi connectivity index (χ2n) is 15.1. The number of aliphatic carboxylic acids is 1. The van der Waals surface area contributed by atoms with E-state index in [0.29, 0.717) is 51.3 Å². The fraction of sp³-hybridized carbons (Fsp3) is 0.244. The molecule has 0 fully saturated rings. The molecule has 0 saturated carbocycles. The van der Waals surface area contributed by atoms with Crippen molar-refractivity contribution >= 4 is 37.5 Å². The minimum atomic E-state index is -3.78. The molecular formula is C45H44N4O10S2. The summed E-state index contributed by atoms with van der Waals surface area (Å²) in [5.74, 6) is -1.45. The Bertz CT molecular complexity index is 2900. The molecule has 0 saturated heterocycles. The lowest BCUT2D eigenvalue weighted by atomic mass is 10.0. The number of allylic oxidation sites excluding steroid dienone is 1. The molecule has 0 atom stereocenters. The molecule has 0 radical (unpaired) electrons. The number of fused-ring (bicyclic) bond motifs is 1. The Morgan fingerprint density at radius 2 is 1.39 bits per heavy atom. The second-order valence-corrected chi connectivity index (χ2v) is 18.6. The molecule has 1 aliphatic rings. The van der Waals surface area contributed by atoms with E-state index < -0.39 is 31.9 Å². The fourth-order valence-electron chi connectivity index (χ4n) is 7.05. The number of aliphatic hydroxyl groups excluding tert-OH is 1. The highest BCUT2D eigenvalue weighted by atomic mass is 32.2. The van der Waals surface area contributed by atoms with Crippen LogP contribution in [0.1, 0.15) is 55.6 Å². The zero-order chi connectivity index (χ0) is 43.6. The molecule has 16 heteroatoms. The van der Waals surface area contributed by atoms with E-state index in [1.807, 2.05) is 87.5 Å². The lowest BCUT2D eigenvalue weighted by Gasteiger charge is -2.11. The first kappa shape index (κ1) is 42.9. The molecule has 6 aromatic rings. The molecule has 14 nitrogen and oxygen atoms in total. The van der Waals surface area contributed by atoms with Crippen LogP contribution in [0.5, 0.6) is 0 Å². The van der Waals surface area contributed by atoms with Crippen LogP contribution in [0.25, 0.3) is 50.3 Å². The van der Waals surface area contributed by atoms with Gasteiger partial charge in [-0.2, -0.15) is 18.6 Å². The number of aromatic nitrogens is 4. The molecule has 7 rings (SSSR count). The van der Waals surface area contributed by atoms with E-state index in [-0.39, 0.29) is 48.6 Å². The molecule has 0 aliphatic carbocycles. The Balaban J connectivity index is 1.01. The Kier molecular flexibility index (Phi) is 12.3. The molecule has 0 spiro atoms. The third kappa shape index (κ3) is 9.57. The number of hydrogen-bond donors (Lipinski definition) is 2. The summed E-state index contributed by atoms with van der Waals surface area (Å²) in [6.07, 6.45) is 3.35. The molecule has 0 amide bonds. The van der Waals surface area contributed by atoms with Gasteiger partial charge < -0.3 is 14.9 Å². The Labute approximate surface area is 353 Å². The Hall–Kier alpha value is -6.20. The van der Waals surface area contributed by atoms with Gasteiger partial charge in [-0.1, -0.05) is 92.7 Å². The third-order valence-corrected chi connectivity index (χ3v) is 12.9. The van der Waals surface area contributed by atoms with Crippen LogP contribution < -0.4 is 0 Å². The largest absolute Gasteiger partial charge is 0.480 e. The van der Waals surface area contributed by atoms with E-state index in [9.17, 15) is 36.6 Å². The molecule has 1 aliphatic heterocycles. The number of esters is 1. The number of carbonyl (C=O) groups is 2. The topological polar surface area (TPSA) is 197 Å².